The van der Waals surface area contributed by atoms with Gasteiger partial charge in [0, 0.05) is 53.7 Å². The van der Waals surface area contributed by atoms with Gasteiger partial charge in [0.25, 0.3) is 0 Å². The van der Waals surface area contributed by atoms with Crippen LogP contribution in [0, 0.1) is 0 Å². The first-order valence-corrected chi connectivity index (χ1v) is 13.8. The van der Waals surface area contributed by atoms with Gasteiger partial charge in [0.15, 0.2) is 17.1 Å². The van der Waals surface area contributed by atoms with Gasteiger partial charge < -0.3 is 35.2 Å². The summed E-state index contributed by atoms with van der Waals surface area (Å²) in [5, 5.41) is 38.3. The maximum atomic E-state index is 10.3. The Kier molecular flexibility index (Phi) is 10.4. The Balaban J connectivity index is 0.000000316. The number of hydrogen-bond acceptors (Lipinski definition) is 9. The summed E-state index contributed by atoms with van der Waals surface area (Å²) in [6.45, 7) is 11.0. The minimum absolute atomic E-state index is 0.0710. The van der Waals surface area contributed by atoms with E-state index >= 15 is 0 Å². The highest BCUT2D eigenvalue weighted by Crippen LogP contribution is 2.39. The van der Waals surface area contributed by atoms with Crippen LogP contribution in [0.5, 0.6) is 11.5 Å². The average Bonchev–Trinajstić information content (AvgIpc) is 3.29. The zero-order chi connectivity index (χ0) is 31.3. The summed E-state index contributed by atoms with van der Waals surface area (Å²) in [6.07, 6.45) is 3.57. The molecular weight excluding hydrogens is 570 g/mol. The summed E-state index contributed by atoms with van der Waals surface area (Å²) in [5.41, 5.74) is -0.272. The van der Waals surface area contributed by atoms with Crippen molar-refractivity contribution < 1.29 is 44.3 Å². The third kappa shape index (κ3) is 9.28. The van der Waals surface area contributed by atoms with Crippen LogP contribution in [0.4, 0.5) is 0 Å². The van der Waals surface area contributed by atoms with Crippen molar-refractivity contribution in [3.8, 4) is 11.5 Å². The lowest BCUT2D eigenvalue weighted by Crippen LogP contribution is -2.62. The third-order valence-corrected chi connectivity index (χ3v) is 7.37. The second-order valence-electron chi connectivity index (χ2n) is 12.0. The molecule has 1 fully saturated rings. The van der Waals surface area contributed by atoms with Crippen LogP contribution in [0.15, 0.2) is 36.7 Å². The Morgan fingerprint density at radius 2 is 1.50 bits per heavy atom. The highest BCUT2D eigenvalue weighted by Gasteiger charge is 2.41. The molecule has 0 aliphatic carbocycles. The molecule has 5 N–H and O–H groups in total. The predicted octanol–water partition coefficient (Wildman–Crippen LogP) is 3.53. The molecule has 42 heavy (non-hydrogen) atoms. The van der Waals surface area contributed by atoms with Gasteiger partial charge in [-0.05, 0) is 69.9 Å². The molecule has 13 heteroatoms. The fourth-order valence-corrected chi connectivity index (χ4v) is 5.79. The largest absolute Gasteiger partial charge is 0.481 e. The summed E-state index contributed by atoms with van der Waals surface area (Å²) < 4.78 is 11.1. The van der Waals surface area contributed by atoms with E-state index in [1.165, 1.54) is 5.56 Å². The first-order valence-electron chi connectivity index (χ1n) is 13.4. The molecular formula is C29H38ClN3O9. The molecule has 2 aliphatic heterocycles. The number of halogens is 1. The Morgan fingerprint density at radius 3 is 2.00 bits per heavy atom. The highest BCUT2D eigenvalue weighted by atomic mass is 35.5. The van der Waals surface area contributed by atoms with Crippen LogP contribution in [-0.2, 0) is 27.5 Å². The van der Waals surface area contributed by atoms with Gasteiger partial charge in [0.05, 0.1) is 12.8 Å². The number of aromatic nitrogens is 1. The fraction of sp³-hybridized carbons (Fsp3) is 0.517. The van der Waals surface area contributed by atoms with Gasteiger partial charge in [-0.1, -0.05) is 11.6 Å². The number of carbonyl (C=O) groups is 3. The Hall–Kier alpha value is -3.45. The van der Waals surface area contributed by atoms with Crippen molar-refractivity contribution in [1.82, 2.24) is 15.2 Å². The van der Waals surface area contributed by atoms with Crippen molar-refractivity contribution in [3.05, 3.63) is 52.8 Å². The molecule has 12 nitrogen and oxygen atoms in total. The number of rotatable bonds is 10. The number of aliphatic carboxylic acids is 3. The Bertz CT molecular complexity index is 1250. The lowest BCUT2D eigenvalue weighted by molar-refractivity contribution is -0.170. The van der Waals surface area contributed by atoms with Crippen LogP contribution >= 0.6 is 11.6 Å². The minimum atomic E-state index is -2.74. The number of nitrogens with zero attached hydrogens (tertiary/aromatic N) is 2. The molecule has 230 valence electrons. The molecule has 0 atom stereocenters. The zero-order valence-corrected chi connectivity index (χ0v) is 24.8. The number of carboxylic acids is 3. The first kappa shape index (κ1) is 33.1. The van der Waals surface area contributed by atoms with Gasteiger partial charge in [0.1, 0.15) is 0 Å². The van der Waals surface area contributed by atoms with Crippen molar-refractivity contribution in [1.29, 1.82) is 0 Å². The first-order chi connectivity index (χ1) is 19.5. The van der Waals surface area contributed by atoms with Crippen molar-refractivity contribution in [2.45, 2.75) is 89.2 Å². The molecule has 4 rings (SSSR count). The van der Waals surface area contributed by atoms with Gasteiger partial charge in [-0.3, -0.25) is 19.5 Å². The highest BCUT2D eigenvalue weighted by molar-refractivity contribution is 6.31. The van der Waals surface area contributed by atoms with Gasteiger partial charge >= 0.3 is 17.9 Å². The number of pyridine rings is 1. The molecule has 1 aromatic heterocycles. The van der Waals surface area contributed by atoms with Crippen molar-refractivity contribution in [3.63, 3.8) is 0 Å². The second kappa shape index (κ2) is 13.2. The molecule has 1 saturated heterocycles. The second-order valence-corrected chi connectivity index (χ2v) is 12.4. The lowest BCUT2D eigenvalue weighted by Gasteiger charge is -2.50. The maximum Gasteiger partial charge on any atom is 0.336 e. The van der Waals surface area contributed by atoms with E-state index in [1.54, 1.807) is 0 Å². The van der Waals surface area contributed by atoms with Gasteiger partial charge in [-0.25, -0.2) is 4.79 Å². The van der Waals surface area contributed by atoms with E-state index in [-0.39, 0.29) is 17.9 Å². The molecule has 0 bridgehead atoms. The topological polar surface area (TPSA) is 179 Å². The summed E-state index contributed by atoms with van der Waals surface area (Å²) in [5.74, 6) is -3.52. The molecule has 0 spiro atoms. The summed E-state index contributed by atoms with van der Waals surface area (Å²) in [6, 6.07) is 8.51. The van der Waals surface area contributed by atoms with Crippen molar-refractivity contribution in [2.75, 3.05) is 6.79 Å². The molecule has 1 aromatic carbocycles. The zero-order valence-electron chi connectivity index (χ0n) is 24.1. The number of hydrogen-bond donors (Lipinski definition) is 5. The smallest absolute Gasteiger partial charge is 0.336 e. The predicted molar refractivity (Wildman–Crippen MR) is 152 cm³/mol. The van der Waals surface area contributed by atoms with Crippen molar-refractivity contribution in [2.24, 2.45) is 0 Å². The van der Waals surface area contributed by atoms with E-state index in [4.69, 9.17) is 41.5 Å². The van der Waals surface area contributed by atoms with E-state index in [2.05, 4.69) is 55.0 Å². The van der Waals surface area contributed by atoms with Gasteiger partial charge in [0.2, 0.25) is 6.79 Å². The molecule has 0 radical (unpaired) electrons. The molecule has 0 unspecified atom stereocenters. The average molecular weight is 608 g/mol. The van der Waals surface area contributed by atoms with Crippen LogP contribution < -0.4 is 14.8 Å². The molecule has 3 heterocycles. The number of aliphatic hydroxyl groups is 1. The number of fused-ring (bicyclic) bond motifs is 1. The van der Waals surface area contributed by atoms with Crippen molar-refractivity contribution >= 4 is 29.5 Å². The number of ether oxygens (including phenoxy) is 2. The third-order valence-electron chi connectivity index (χ3n) is 7.02. The number of piperidine rings is 1. The quantitative estimate of drug-likeness (QED) is 0.266. The minimum Gasteiger partial charge on any atom is -0.481 e. The van der Waals surface area contributed by atoms with Gasteiger partial charge in [-0.15, -0.1) is 0 Å². The number of benzene rings is 1. The number of nitrogens with one attached hydrogen (secondary N) is 1. The Labute approximate surface area is 249 Å². The van der Waals surface area contributed by atoms with Crippen LogP contribution in [-0.4, -0.2) is 77.7 Å². The number of carboxylic acid groups (broad SMARTS) is 3. The molecule has 0 amide bonds. The lowest BCUT2D eigenvalue weighted by atomic mass is 9.78. The monoisotopic (exact) mass is 607 g/mol. The van der Waals surface area contributed by atoms with E-state index < -0.39 is 36.4 Å². The van der Waals surface area contributed by atoms with E-state index in [9.17, 15) is 14.4 Å². The summed E-state index contributed by atoms with van der Waals surface area (Å²) in [7, 11) is 0. The molecule has 2 aromatic rings. The summed E-state index contributed by atoms with van der Waals surface area (Å²) in [4.78, 5) is 37.2. The SMILES string of the molecule is CC1(C)CC(N(Cc2ccncc2)Cc2cc3c(cc2Cl)OCO3)CC(C)(C)N1.O=C(O)CC(O)(CC(=O)O)C(=O)O. The summed E-state index contributed by atoms with van der Waals surface area (Å²) >= 11 is 6.62. The maximum absolute atomic E-state index is 10.3. The van der Waals surface area contributed by atoms with Crippen LogP contribution in [0.1, 0.15) is 64.5 Å². The van der Waals surface area contributed by atoms with E-state index in [1.807, 2.05) is 24.5 Å². The normalized spacial score (nSPS) is 17.3. The fourth-order valence-electron chi connectivity index (χ4n) is 5.58. The standard InChI is InChI=1S/C23H30ClN3O2.C6H8O7/c1-22(2)11-18(12-23(3,4)26-22)27(13-16-5-7-25-8-6-16)14-17-9-20-21(10-19(17)24)29-15-28-20;7-3(8)1-6(13,5(11)12)2-4(9)10/h5-10,18,26H,11-15H2,1-4H3;13H,1-2H2,(H,7,8)(H,9,10)(H,11,12). The molecule has 0 saturated carbocycles. The van der Waals surface area contributed by atoms with Crippen LogP contribution in [0.2, 0.25) is 5.02 Å². The van der Waals surface area contributed by atoms with E-state index in [0.717, 1.165) is 48.0 Å². The Morgan fingerprint density at radius 1 is 0.976 bits per heavy atom. The molecule has 2 aliphatic rings. The van der Waals surface area contributed by atoms with Crippen LogP contribution in [0.3, 0.4) is 0 Å². The van der Waals surface area contributed by atoms with Gasteiger partial charge in [-0.2, -0.15) is 0 Å². The van der Waals surface area contributed by atoms with Crippen LogP contribution in [0.25, 0.3) is 0 Å². The van der Waals surface area contributed by atoms with E-state index in [0.29, 0.717) is 6.04 Å².